The van der Waals surface area contributed by atoms with Gasteiger partial charge in [-0.2, -0.15) is 0 Å². The van der Waals surface area contributed by atoms with Gasteiger partial charge in [0.15, 0.2) is 0 Å². The number of hydrogen-bond donors (Lipinski definition) is 0. The molecule has 0 N–H and O–H groups in total. The predicted octanol–water partition coefficient (Wildman–Crippen LogP) is 3.78. The molecule has 19 heavy (non-hydrogen) atoms. The molecular formula is C17H18N2. The monoisotopic (exact) mass is 250 g/mol. The maximum Gasteiger partial charge on any atom is 0.0480 e. The number of aromatic nitrogens is 1. The van der Waals surface area contributed by atoms with E-state index in [1.807, 2.05) is 0 Å². The Kier molecular flexibility index (Phi) is 3.23. The number of benzene rings is 2. The number of para-hydroxylation sites is 2. The lowest BCUT2D eigenvalue weighted by Gasteiger charge is -2.19. The number of hydrogen-bond acceptors (Lipinski definition) is 1. The van der Waals surface area contributed by atoms with Crippen molar-refractivity contribution in [1.82, 2.24) is 4.57 Å². The van der Waals surface area contributed by atoms with Crippen molar-refractivity contribution in [3.8, 4) is 0 Å². The van der Waals surface area contributed by atoms with Crippen molar-refractivity contribution in [1.29, 1.82) is 0 Å². The Labute approximate surface area is 113 Å². The summed E-state index contributed by atoms with van der Waals surface area (Å²) in [7, 11) is 2.14. The summed E-state index contributed by atoms with van der Waals surface area (Å²) in [6, 6.07) is 21.2. The fourth-order valence-electron chi connectivity index (χ4n) is 2.40. The van der Waals surface area contributed by atoms with Gasteiger partial charge >= 0.3 is 0 Å². The molecule has 96 valence electrons. The number of fused-ring (bicyclic) bond motifs is 1. The first-order chi connectivity index (χ1) is 9.34. The molecule has 0 aliphatic heterocycles. The maximum absolute atomic E-state index is 2.31. The summed E-state index contributed by atoms with van der Waals surface area (Å²) < 4.78 is 2.31. The normalized spacial score (nSPS) is 10.8. The molecule has 3 aromatic rings. The Morgan fingerprint density at radius 2 is 1.63 bits per heavy atom. The largest absolute Gasteiger partial charge is 0.373 e. The van der Waals surface area contributed by atoms with Gasteiger partial charge in [-0.15, -0.1) is 0 Å². The number of likely N-dealkylation sites (N-methyl/N-ethyl adjacent to an activating group) is 1. The van der Waals surface area contributed by atoms with Crippen LogP contribution in [0.25, 0.3) is 10.9 Å². The third kappa shape index (κ3) is 2.48. The van der Waals surface area contributed by atoms with Gasteiger partial charge in [0, 0.05) is 37.5 Å². The number of anilines is 1. The fourth-order valence-corrected chi connectivity index (χ4v) is 2.40. The van der Waals surface area contributed by atoms with Crippen LogP contribution in [0.15, 0.2) is 66.9 Å². The minimum Gasteiger partial charge on any atom is -0.373 e. The summed E-state index contributed by atoms with van der Waals surface area (Å²) in [6.45, 7) is 2.00. The van der Waals surface area contributed by atoms with Crippen molar-refractivity contribution >= 4 is 16.6 Å². The first kappa shape index (κ1) is 11.8. The van der Waals surface area contributed by atoms with Gasteiger partial charge in [0.2, 0.25) is 0 Å². The van der Waals surface area contributed by atoms with Crippen LogP contribution in [-0.2, 0) is 6.54 Å². The second-order valence-electron chi connectivity index (χ2n) is 4.83. The highest BCUT2D eigenvalue weighted by Gasteiger charge is 2.02. The molecule has 2 aromatic carbocycles. The van der Waals surface area contributed by atoms with E-state index in [0.29, 0.717) is 0 Å². The van der Waals surface area contributed by atoms with E-state index in [2.05, 4.69) is 83.4 Å². The van der Waals surface area contributed by atoms with E-state index in [4.69, 9.17) is 0 Å². The lowest BCUT2D eigenvalue weighted by Crippen LogP contribution is -2.22. The van der Waals surface area contributed by atoms with Crippen molar-refractivity contribution in [2.45, 2.75) is 6.54 Å². The van der Waals surface area contributed by atoms with Gasteiger partial charge in [-0.05, 0) is 29.7 Å². The third-order valence-electron chi connectivity index (χ3n) is 3.55. The van der Waals surface area contributed by atoms with E-state index in [1.165, 1.54) is 16.6 Å². The summed E-state index contributed by atoms with van der Waals surface area (Å²) in [5.74, 6) is 0. The lowest BCUT2D eigenvalue weighted by molar-refractivity contribution is 0.707. The highest BCUT2D eigenvalue weighted by Crippen LogP contribution is 2.16. The standard InChI is InChI=1S/C17H18N2/c1-18(16-8-3-2-4-9-16)13-14-19-12-11-15-7-5-6-10-17(15)19/h2-12H,13-14H2,1H3. The molecule has 3 rings (SSSR count). The van der Waals surface area contributed by atoms with Gasteiger partial charge in [0.25, 0.3) is 0 Å². The second kappa shape index (κ2) is 5.19. The van der Waals surface area contributed by atoms with Gasteiger partial charge in [-0.1, -0.05) is 36.4 Å². The Balaban J connectivity index is 1.73. The van der Waals surface area contributed by atoms with Gasteiger partial charge in [-0.3, -0.25) is 0 Å². The zero-order chi connectivity index (χ0) is 13.1. The number of nitrogens with zero attached hydrogens (tertiary/aromatic N) is 2. The molecule has 0 aliphatic carbocycles. The molecule has 2 nitrogen and oxygen atoms in total. The van der Waals surface area contributed by atoms with E-state index in [-0.39, 0.29) is 0 Å². The highest BCUT2D eigenvalue weighted by molar-refractivity contribution is 5.79. The van der Waals surface area contributed by atoms with Crippen LogP contribution >= 0.6 is 0 Å². The molecule has 0 fully saturated rings. The molecule has 0 aliphatic rings. The van der Waals surface area contributed by atoms with Gasteiger partial charge in [0.1, 0.15) is 0 Å². The van der Waals surface area contributed by atoms with Crippen LogP contribution in [0.2, 0.25) is 0 Å². The molecule has 0 spiro atoms. The average molecular weight is 250 g/mol. The SMILES string of the molecule is CN(CCn1ccc2ccccc21)c1ccccc1. The van der Waals surface area contributed by atoms with Crippen molar-refractivity contribution in [3.05, 3.63) is 66.9 Å². The molecule has 1 aromatic heterocycles. The molecule has 0 saturated carbocycles. The van der Waals surface area contributed by atoms with Gasteiger partial charge < -0.3 is 9.47 Å². The Hall–Kier alpha value is -2.22. The van der Waals surface area contributed by atoms with Crippen LogP contribution in [0.3, 0.4) is 0 Å². The minimum atomic E-state index is 0.999. The zero-order valence-electron chi connectivity index (χ0n) is 11.2. The van der Waals surface area contributed by atoms with E-state index in [1.54, 1.807) is 0 Å². The smallest absolute Gasteiger partial charge is 0.0480 e. The summed E-state index contributed by atoms with van der Waals surface area (Å²) in [5, 5.41) is 1.31. The minimum absolute atomic E-state index is 0.999. The predicted molar refractivity (Wildman–Crippen MR) is 81.7 cm³/mol. The summed E-state index contributed by atoms with van der Waals surface area (Å²) in [6.07, 6.45) is 2.17. The van der Waals surface area contributed by atoms with Crippen LogP contribution in [0, 0.1) is 0 Å². The van der Waals surface area contributed by atoms with Crippen LogP contribution < -0.4 is 4.90 Å². The topological polar surface area (TPSA) is 8.17 Å². The van der Waals surface area contributed by atoms with E-state index in [0.717, 1.165) is 13.1 Å². The Morgan fingerprint density at radius 1 is 0.895 bits per heavy atom. The Morgan fingerprint density at radius 3 is 2.47 bits per heavy atom. The average Bonchev–Trinajstić information content (AvgIpc) is 2.89. The summed E-state index contributed by atoms with van der Waals surface area (Å²) in [4.78, 5) is 2.29. The molecule has 2 heteroatoms. The maximum atomic E-state index is 2.31. The molecule has 0 radical (unpaired) electrons. The molecule has 1 heterocycles. The lowest BCUT2D eigenvalue weighted by atomic mass is 10.2. The van der Waals surface area contributed by atoms with E-state index >= 15 is 0 Å². The quantitative estimate of drug-likeness (QED) is 0.684. The van der Waals surface area contributed by atoms with E-state index in [9.17, 15) is 0 Å². The van der Waals surface area contributed by atoms with Crippen molar-refractivity contribution in [3.63, 3.8) is 0 Å². The summed E-state index contributed by atoms with van der Waals surface area (Å²) in [5.41, 5.74) is 2.57. The van der Waals surface area contributed by atoms with Crippen LogP contribution in [-0.4, -0.2) is 18.2 Å². The first-order valence-electron chi connectivity index (χ1n) is 6.65. The number of rotatable bonds is 4. The molecule has 0 atom stereocenters. The Bertz CT molecular complexity index is 655. The first-order valence-corrected chi connectivity index (χ1v) is 6.65. The molecule has 0 bridgehead atoms. The van der Waals surface area contributed by atoms with Crippen molar-refractivity contribution in [2.75, 3.05) is 18.5 Å². The van der Waals surface area contributed by atoms with E-state index < -0.39 is 0 Å². The van der Waals surface area contributed by atoms with Gasteiger partial charge in [0.05, 0.1) is 0 Å². The fraction of sp³-hybridized carbons (Fsp3) is 0.176. The highest BCUT2D eigenvalue weighted by atomic mass is 15.1. The molecule has 0 unspecified atom stereocenters. The van der Waals surface area contributed by atoms with Gasteiger partial charge in [-0.25, -0.2) is 0 Å². The van der Waals surface area contributed by atoms with Crippen LogP contribution in [0.1, 0.15) is 0 Å². The molecule has 0 amide bonds. The van der Waals surface area contributed by atoms with Crippen LogP contribution in [0.4, 0.5) is 5.69 Å². The molecule has 0 saturated heterocycles. The summed E-state index contributed by atoms with van der Waals surface area (Å²) >= 11 is 0. The van der Waals surface area contributed by atoms with Crippen LogP contribution in [0.5, 0.6) is 0 Å². The third-order valence-corrected chi connectivity index (χ3v) is 3.55. The zero-order valence-corrected chi connectivity index (χ0v) is 11.2. The van der Waals surface area contributed by atoms with Crippen molar-refractivity contribution in [2.24, 2.45) is 0 Å². The second-order valence-corrected chi connectivity index (χ2v) is 4.83. The van der Waals surface area contributed by atoms with Crippen molar-refractivity contribution < 1.29 is 0 Å². The molecular weight excluding hydrogens is 232 g/mol.